The van der Waals surface area contributed by atoms with Crippen molar-refractivity contribution in [1.82, 2.24) is 5.32 Å². The number of amides is 2. The van der Waals surface area contributed by atoms with Crippen molar-refractivity contribution in [2.75, 3.05) is 13.3 Å². The highest BCUT2D eigenvalue weighted by atomic mass is 16.7. The van der Waals surface area contributed by atoms with Gasteiger partial charge >= 0.3 is 0 Å². The van der Waals surface area contributed by atoms with Crippen LogP contribution in [0.15, 0.2) is 60.7 Å². The molecule has 1 fully saturated rings. The molecule has 2 aliphatic rings. The second-order valence-electron chi connectivity index (χ2n) is 9.13. The molecule has 3 aromatic carbocycles. The van der Waals surface area contributed by atoms with Crippen molar-refractivity contribution < 1.29 is 23.9 Å². The average molecular weight is 471 g/mol. The highest BCUT2D eigenvalue weighted by molar-refractivity contribution is 5.97. The van der Waals surface area contributed by atoms with Crippen molar-refractivity contribution in [2.24, 2.45) is 5.73 Å². The van der Waals surface area contributed by atoms with Crippen LogP contribution in [-0.4, -0.2) is 30.9 Å². The molecule has 0 spiro atoms. The molecule has 1 saturated carbocycles. The fourth-order valence-electron chi connectivity index (χ4n) is 4.56. The molecule has 2 amide bonds. The molecule has 1 heterocycles. The Hall–Kier alpha value is -4.13. The fourth-order valence-corrected chi connectivity index (χ4v) is 4.56. The first-order valence-electron chi connectivity index (χ1n) is 11.6. The van der Waals surface area contributed by atoms with E-state index in [4.69, 9.17) is 15.2 Å². The standard InChI is InChI=1S/C28H26N2O5/c1-17-2-3-18(12-22(17)19-4-6-20(7-5-19)27(33)30-15-26(29)32)13-25(31)28(10-11-28)21-8-9-23-24(14-21)35-16-34-23/h2-9,12,14H,10-11,13,15-16H2,1H3,(H2,29,32)(H,30,33). The summed E-state index contributed by atoms with van der Waals surface area (Å²) in [4.78, 5) is 36.4. The van der Waals surface area contributed by atoms with Crippen LogP contribution < -0.4 is 20.5 Å². The SMILES string of the molecule is Cc1ccc(CC(=O)C2(c3ccc4c(c3)OCO4)CC2)cc1-c1ccc(C(=O)NCC(N)=O)cc1. The van der Waals surface area contributed by atoms with E-state index in [1.54, 1.807) is 12.1 Å². The van der Waals surface area contributed by atoms with Gasteiger partial charge in [-0.25, -0.2) is 0 Å². The van der Waals surface area contributed by atoms with Crippen molar-refractivity contribution in [3.63, 3.8) is 0 Å². The van der Waals surface area contributed by atoms with Gasteiger partial charge in [0.2, 0.25) is 12.7 Å². The molecule has 7 heteroatoms. The van der Waals surface area contributed by atoms with Crippen LogP contribution in [0.25, 0.3) is 11.1 Å². The number of aryl methyl sites for hydroxylation is 1. The number of carbonyl (C=O) groups excluding carboxylic acids is 3. The number of nitrogens with one attached hydrogen (secondary N) is 1. The number of ether oxygens (including phenoxy) is 2. The molecule has 178 valence electrons. The number of carbonyl (C=O) groups is 3. The van der Waals surface area contributed by atoms with Gasteiger partial charge in [-0.3, -0.25) is 14.4 Å². The Morgan fingerprint density at radius 3 is 2.40 bits per heavy atom. The van der Waals surface area contributed by atoms with E-state index in [9.17, 15) is 14.4 Å². The van der Waals surface area contributed by atoms with Gasteiger partial charge in [0.15, 0.2) is 11.5 Å². The first-order valence-corrected chi connectivity index (χ1v) is 11.6. The highest BCUT2D eigenvalue weighted by Gasteiger charge is 2.50. The highest BCUT2D eigenvalue weighted by Crippen LogP contribution is 2.51. The Balaban J connectivity index is 1.33. The molecule has 0 aromatic heterocycles. The molecule has 0 saturated heterocycles. The van der Waals surface area contributed by atoms with E-state index in [-0.39, 0.29) is 25.0 Å². The van der Waals surface area contributed by atoms with Crippen LogP contribution in [0.5, 0.6) is 11.5 Å². The van der Waals surface area contributed by atoms with E-state index in [1.165, 1.54) is 0 Å². The largest absolute Gasteiger partial charge is 0.454 e. The van der Waals surface area contributed by atoms with Crippen LogP contribution in [0.2, 0.25) is 0 Å². The van der Waals surface area contributed by atoms with Crippen LogP contribution >= 0.6 is 0 Å². The number of hydrogen-bond acceptors (Lipinski definition) is 5. The number of hydrogen-bond donors (Lipinski definition) is 2. The van der Waals surface area contributed by atoms with Gasteiger partial charge in [-0.05, 0) is 71.8 Å². The summed E-state index contributed by atoms with van der Waals surface area (Å²) < 4.78 is 10.9. The maximum atomic E-state index is 13.4. The summed E-state index contributed by atoms with van der Waals surface area (Å²) in [5.41, 5.74) is 10.0. The lowest BCUT2D eigenvalue weighted by atomic mass is 9.87. The fraction of sp³-hybridized carbons (Fsp3) is 0.250. The molecule has 5 rings (SSSR count). The number of rotatable bonds is 8. The Bertz CT molecular complexity index is 1330. The van der Waals surface area contributed by atoms with Crippen molar-refractivity contribution in [3.05, 3.63) is 82.9 Å². The maximum absolute atomic E-state index is 13.4. The number of primary amides is 1. The minimum atomic E-state index is -0.594. The topological polar surface area (TPSA) is 108 Å². The molecule has 3 aromatic rings. The van der Waals surface area contributed by atoms with Gasteiger partial charge in [0.1, 0.15) is 5.78 Å². The lowest BCUT2D eigenvalue weighted by Gasteiger charge is -2.16. The summed E-state index contributed by atoms with van der Waals surface area (Å²) in [6.07, 6.45) is 2.02. The quantitative estimate of drug-likeness (QED) is 0.524. The van der Waals surface area contributed by atoms with E-state index in [1.807, 2.05) is 55.5 Å². The molecule has 0 atom stereocenters. The molecule has 35 heavy (non-hydrogen) atoms. The van der Waals surface area contributed by atoms with Gasteiger partial charge in [0.25, 0.3) is 5.91 Å². The van der Waals surface area contributed by atoms with Crippen molar-refractivity contribution >= 4 is 17.6 Å². The Morgan fingerprint density at radius 1 is 0.943 bits per heavy atom. The minimum Gasteiger partial charge on any atom is -0.454 e. The van der Waals surface area contributed by atoms with E-state index in [2.05, 4.69) is 5.32 Å². The van der Waals surface area contributed by atoms with E-state index >= 15 is 0 Å². The van der Waals surface area contributed by atoms with Crippen molar-refractivity contribution in [2.45, 2.75) is 31.6 Å². The summed E-state index contributed by atoms with van der Waals surface area (Å²) >= 11 is 0. The first kappa shape index (κ1) is 22.7. The zero-order valence-electron chi connectivity index (χ0n) is 19.4. The molecule has 1 aliphatic heterocycles. The molecule has 1 aliphatic carbocycles. The summed E-state index contributed by atoms with van der Waals surface area (Å²) in [6.45, 7) is 2.03. The van der Waals surface area contributed by atoms with Gasteiger partial charge in [0.05, 0.1) is 12.0 Å². The van der Waals surface area contributed by atoms with Crippen molar-refractivity contribution in [1.29, 1.82) is 0 Å². The number of ketones is 1. The smallest absolute Gasteiger partial charge is 0.251 e. The predicted octanol–water partition coefficient (Wildman–Crippen LogP) is 3.45. The third-order valence-corrected chi connectivity index (χ3v) is 6.76. The zero-order chi connectivity index (χ0) is 24.6. The van der Waals surface area contributed by atoms with Crippen LogP contribution in [0, 0.1) is 6.92 Å². The minimum absolute atomic E-state index is 0.202. The Kier molecular flexibility index (Phi) is 5.76. The molecule has 0 radical (unpaired) electrons. The van der Waals surface area contributed by atoms with Gasteiger partial charge < -0.3 is 20.5 Å². The Labute approximate surface area is 203 Å². The molecule has 3 N–H and O–H groups in total. The lowest BCUT2D eigenvalue weighted by Crippen LogP contribution is -2.33. The number of nitrogens with two attached hydrogens (primary N) is 1. The van der Waals surface area contributed by atoms with Crippen LogP contribution in [0.3, 0.4) is 0 Å². The monoisotopic (exact) mass is 470 g/mol. The van der Waals surface area contributed by atoms with E-state index in [0.717, 1.165) is 46.4 Å². The van der Waals surface area contributed by atoms with Gasteiger partial charge in [-0.1, -0.05) is 36.4 Å². The van der Waals surface area contributed by atoms with E-state index in [0.29, 0.717) is 17.7 Å². The van der Waals surface area contributed by atoms with Crippen LogP contribution in [-0.2, 0) is 21.4 Å². The van der Waals surface area contributed by atoms with Crippen LogP contribution in [0.4, 0.5) is 0 Å². The average Bonchev–Trinajstić information content (AvgIpc) is 3.54. The maximum Gasteiger partial charge on any atom is 0.251 e. The summed E-state index contributed by atoms with van der Waals surface area (Å²) in [5, 5.41) is 2.48. The zero-order valence-corrected chi connectivity index (χ0v) is 19.4. The molecule has 7 nitrogen and oxygen atoms in total. The molecule has 0 unspecified atom stereocenters. The van der Waals surface area contributed by atoms with Crippen LogP contribution in [0.1, 0.15) is 39.9 Å². The third-order valence-electron chi connectivity index (χ3n) is 6.76. The van der Waals surface area contributed by atoms with E-state index < -0.39 is 11.3 Å². The number of Topliss-reactive ketones (excluding diaryl/α,β-unsaturated/α-hetero) is 1. The second kappa shape index (κ2) is 8.91. The first-order chi connectivity index (χ1) is 16.9. The van der Waals surface area contributed by atoms with Gasteiger partial charge in [-0.15, -0.1) is 0 Å². The summed E-state index contributed by atoms with van der Waals surface area (Å²) in [7, 11) is 0. The van der Waals surface area contributed by atoms with Gasteiger partial charge in [-0.2, -0.15) is 0 Å². The molecule has 0 bridgehead atoms. The second-order valence-corrected chi connectivity index (χ2v) is 9.13. The Morgan fingerprint density at radius 2 is 1.69 bits per heavy atom. The summed E-state index contributed by atoms with van der Waals surface area (Å²) in [6, 6.07) is 19.0. The molecular formula is C28H26N2O5. The number of fused-ring (bicyclic) bond motifs is 1. The van der Waals surface area contributed by atoms with Crippen molar-refractivity contribution in [3.8, 4) is 22.6 Å². The lowest BCUT2D eigenvalue weighted by molar-refractivity contribution is -0.121. The predicted molar refractivity (Wildman–Crippen MR) is 130 cm³/mol. The third kappa shape index (κ3) is 4.49. The normalized spacial score (nSPS) is 14.9. The number of benzene rings is 3. The molecular weight excluding hydrogens is 444 g/mol. The summed E-state index contributed by atoms with van der Waals surface area (Å²) in [5.74, 6) is 0.670. The van der Waals surface area contributed by atoms with Gasteiger partial charge in [0, 0.05) is 12.0 Å².